The molecule has 4 rings (SSSR count). The van der Waals surface area contributed by atoms with Gasteiger partial charge in [-0.25, -0.2) is 0 Å². The minimum Gasteiger partial charge on any atom is -0.358 e. The van der Waals surface area contributed by atoms with Crippen molar-refractivity contribution in [1.82, 2.24) is 15.2 Å². The van der Waals surface area contributed by atoms with Crippen LogP contribution in [0, 0.1) is 12.8 Å². The van der Waals surface area contributed by atoms with Crippen molar-refractivity contribution >= 4 is 22.6 Å². The molecule has 2 aromatic heterocycles. The lowest BCUT2D eigenvalue weighted by Gasteiger charge is -2.20. The molecule has 136 valence electrons. The maximum Gasteiger partial charge on any atom is 0.230 e. The molecule has 1 amide bonds. The van der Waals surface area contributed by atoms with Crippen molar-refractivity contribution in [3.63, 3.8) is 0 Å². The molecule has 1 fully saturated rings. The molecule has 0 aliphatic heterocycles. The first-order valence-corrected chi connectivity index (χ1v) is 9.59. The lowest BCUT2D eigenvalue weighted by atomic mass is 9.86. The molecule has 1 aliphatic carbocycles. The fourth-order valence-corrected chi connectivity index (χ4v) is 4.14. The molecular formula is C21H26N4O. The molecule has 2 heterocycles. The number of nitrogens with zero attached hydrogens (tertiary/aromatic N) is 1. The molecule has 0 atom stereocenters. The Morgan fingerprint density at radius 2 is 2.04 bits per heavy atom. The zero-order valence-corrected chi connectivity index (χ0v) is 15.3. The molecule has 0 spiro atoms. The third-order valence-corrected chi connectivity index (χ3v) is 5.50. The fraction of sp³-hybridized carbons (Fsp3) is 0.429. The second-order valence-corrected chi connectivity index (χ2v) is 7.49. The number of aromatic nitrogens is 3. The molecule has 1 aliphatic rings. The summed E-state index contributed by atoms with van der Waals surface area (Å²) in [6.45, 7) is 2.01. The number of benzene rings is 1. The number of H-pyrrole nitrogens is 2. The van der Waals surface area contributed by atoms with Gasteiger partial charge in [0.2, 0.25) is 5.91 Å². The summed E-state index contributed by atoms with van der Waals surface area (Å²) in [6.07, 6.45) is 8.04. The second kappa shape index (κ2) is 7.36. The third kappa shape index (κ3) is 3.66. The minimum atomic E-state index is -0.0337. The SMILES string of the molecule is Cc1[nH]c2ccccc2c1CC(=O)Nc1cc(CC2CCCCC2)[nH]n1. The third-order valence-electron chi connectivity index (χ3n) is 5.50. The van der Waals surface area contributed by atoms with E-state index in [1.807, 2.05) is 31.2 Å². The molecule has 3 aromatic rings. The van der Waals surface area contributed by atoms with Crippen molar-refractivity contribution in [3.05, 3.63) is 47.3 Å². The molecule has 0 saturated heterocycles. The van der Waals surface area contributed by atoms with E-state index in [2.05, 4.69) is 26.6 Å². The van der Waals surface area contributed by atoms with Crippen molar-refractivity contribution in [2.45, 2.75) is 51.9 Å². The highest BCUT2D eigenvalue weighted by Crippen LogP contribution is 2.27. The van der Waals surface area contributed by atoms with E-state index >= 15 is 0 Å². The maximum atomic E-state index is 12.5. The summed E-state index contributed by atoms with van der Waals surface area (Å²) < 4.78 is 0. The molecule has 5 heteroatoms. The Kier molecular flexibility index (Phi) is 4.78. The van der Waals surface area contributed by atoms with Gasteiger partial charge in [0.1, 0.15) is 0 Å². The zero-order valence-electron chi connectivity index (χ0n) is 15.3. The monoisotopic (exact) mass is 350 g/mol. The number of rotatable bonds is 5. The number of nitrogens with one attached hydrogen (secondary N) is 3. The molecule has 5 nitrogen and oxygen atoms in total. The molecule has 0 bridgehead atoms. The topological polar surface area (TPSA) is 73.6 Å². The highest BCUT2D eigenvalue weighted by atomic mass is 16.1. The van der Waals surface area contributed by atoms with Gasteiger partial charge in [-0.15, -0.1) is 0 Å². The molecule has 0 radical (unpaired) electrons. The van der Waals surface area contributed by atoms with Crippen LogP contribution in [0.1, 0.15) is 49.1 Å². The predicted octanol–water partition coefficient (Wildman–Crippen LogP) is 4.50. The number of para-hydroxylation sites is 1. The molecule has 26 heavy (non-hydrogen) atoms. The highest BCUT2D eigenvalue weighted by molar-refractivity contribution is 5.95. The first kappa shape index (κ1) is 16.9. The van der Waals surface area contributed by atoms with Crippen LogP contribution in [0.25, 0.3) is 10.9 Å². The number of hydrogen-bond acceptors (Lipinski definition) is 2. The maximum absolute atomic E-state index is 12.5. The average molecular weight is 350 g/mol. The number of carbonyl (C=O) groups is 1. The number of aryl methyl sites for hydroxylation is 1. The van der Waals surface area contributed by atoms with Crippen LogP contribution in [-0.4, -0.2) is 21.1 Å². The standard InChI is InChI=1S/C21H26N4O/c1-14-18(17-9-5-6-10-19(17)22-14)13-21(26)23-20-12-16(24-25-20)11-15-7-3-2-4-8-15/h5-6,9-10,12,15,22H,2-4,7-8,11,13H2,1H3,(H2,23,24,25,26). The minimum absolute atomic E-state index is 0.0337. The Hall–Kier alpha value is -2.56. The number of aromatic amines is 2. The summed E-state index contributed by atoms with van der Waals surface area (Å²) in [6, 6.07) is 10.1. The number of fused-ring (bicyclic) bond motifs is 1. The van der Waals surface area contributed by atoms with Gasteiger partial charge in [0.15, 0.2) is 5.82 Å². The van der Waals surface area contributed by atoms with Crippen molar-refractivity contribution in [1.29, 1.82) is 0 Å². The van der Waals surface area contributed by atoms with E-state index in [9.17, 15) is 4.79 Å². The number of hydrogen-bond donors (Lipinski definition) is 3. The first-order chi connectivity index (χ1) is 12.7. The van der Waals surface area contributed by atoms with Crippen molar-refractivity contribution < 1.29 is 4.79 Å². The Labute approximate surface area is 153 Å². The number of amides is 1. The van der Waals surface area contributed by atoms with Crippen LogP contribution in [0.2, 0.25) is 0 Å². The van der Waals surface area contributed by atoms with Gasteiger partial charge in [-0.2, -0.15) is 5.10 Å². The molecule has 3 N–H and O–H groups in total. The van der Waals surface area contributed by atoms with Crippen LogP contribution in [0.3, 0.4) is 0 Å². The normalized spacial score (nSPS) is 15.4. The average Bonchev–Trinajstić information content (AvgIpc) is 3.20. The Balaban J connectivity index is 1.39. The summed E-state index contributed by atoms with van der Waals surface area (Å²) in [5.41, 5.74) is 4.29. The molecule has 1 aromatic carbocycles. The summed E-state index contributed by atoms with van der Waals surface area (Å²) >= 11 is 0. The Morgan fingerprint density at radius 1 is 1.23 bits per heavy atom. The summed E-state index contributed by atoms with van der Waals surface area (Å²) in [5, 5.41) is 11.4. The molecular weight excluding hydrogens is 324 g/mol. The van der Waals surface area contributed by atoms with E-state index in [-0.39, 0.29) is 5.91 Å². The van der Waals surface area contributed by atoms with Crippen LogP contribution < -0.4 is 5.32 Å². The predicted molar refractivity (Wildman–Crippen MR) is 104 cm³/mol. The van der Waals surface area contributed by atoms with E-state index in [4.69, 9.17) is 0 Å². The summed E-state index contributed by atoms with van der Waals surface area (Å²) in [5.74, 6) is 1.34. The Bertz CT molecular complexity index is 902. The quantitative estimate of drug-likeness (QED) is 0.634. The fourth-order valence-electron chi connectivity index (χ4n) is 4.14. The van der Waals surface area contributed by atoms with Gasteiger partial charge in [0.05, 0.1) is 6.42 Å². The van der Waals surface area contributed by atoms with E-state index in [0.717, 1.165) is 40.2 Å². The van der Waals surface area contributed by atoms with Crippen molar-refractivity contribution in [3.8, 4) is 0 Å². The van der Waals surface area contributed by atoms with E-state index in [0.29, 0.717) is 12.2 Å². The first-order valence-electron chi connectivity index (χ1n) is 9.59. The summed E-state index contributed by atoms with van der Waals surface area (Å²) in [7, 11) is 0. The smallest absolute Gasteiger partial charge is 0.230 e. The van der Waals surface area contributed by atoms with Crippen molar-refractivity contribution in [2.24, 2.45) is 5.92 Å². The van der Waals surface area contributed by atoms with E-state index < -0.39 is 0 Å². The lowest BCUT2D eigenvalue weighted by Crippen LogP contribution is -2.15. The number of carbonyl (C=O) groups excluding carboxylic acids is 1. The second-order valence-electron chi connectivity index (χ2n) is 7.49. The van der Waals surface area contributed by atoms with Gasteiger partial charge < -0.3 is 10.3 Å². The Morgan fingerprint density at radius 3 is 2.88 bits per heavy atom. The zero-order chi connectivity index (χ0) is 17.9. The lowest BCUT2D eigenvalue weighted by molar-refractivity contribution is -0.115. The van der Waals surface area contributed by atoms with Gasteiger partial charge >= 0.3 is 0 Å². The van der Waals surface area contributed by atoms with Crippen LogP contribution in [0.4, 0.5) is 5.82 Å². The van der Waals surface area contributed by atoms with Gasteiger partial charge in [-0.05, 0) is 30.9 Å². The van der Waals surface area contributed by atoms with Gasteiger partial charge in [-0.3, -0.25) is 9.89 Å². The van der Waals surface area contributed by atoms with Crippen molar-refractivity contribution in [2.75, 3.05) is 5.32 Å². The highest BCUT2D eigenvalue weighted by Gasteiger charge is 2.16. The number of anilines is 1. The molecule has 1 saturated carbocycles. The van der Waals surface area contributed by atoms with Crippen LogP contribution in [0.5, 0.6) is 0 Å². The van der Waals surface area contributed by atoms with Gasteiger partial charge in [-0.1, -0.05) is 50.3 Å². The van der Waals surface area contributed by atoms with Crippen LogP contribution in [-0.2, 0) is 17.6 Å². The van der Waals surface area contributed by atoms with Gasteiger partial charge in [0, 0.05) is 28.4 Å². The van der Waals surface area contributed by atoms with Crippen LogP contribution in [0.15, 0.2) is 30.3 Å². The molecule has 0 unspecified atom stereocenters. The van der Waals surface area contributed by atoms with Gasteiger partial charge in [0.25, 0.3) is 0 Å². The van der Waals surface area contributed by atoms with Crippen LogP contribution >= 0.6 is 0 Å². The largest absolute Gasteiger partial charge is 0.358 e. The van der Waals surface area contributed by atoms with E-state index in [1.54, 1.807) is 0 Å². The van der Waals surface area contributed by atoms with E-state index in [1.165, 1.54) is 32.1 Å². The summed E-state index contributed by atoms with van der Waals surface area (Å²) in [4.78, 5) is 15.8.